The molecule has 0 aliphatic heterocycles. The Morgan fingerprint density at radius 2 is 2.17 bits per heavy atom. The number of aryl methyl sites for hydroxylation is 1. The number of carbonyl (C=O) groups is 1. The van der Waals surface area contributed by atoms with Crippen LogP contribution in [0.4, 0.5) is 0 Å². The SMILES string of the molecule is Cc1nc(-c2ccco2)ccc1C(=O)NCC(C1CC1)N(C)C. The van der Waals surface area contributed by atoms with Crippen LogP contribution in [0.25, 0.3) is 11.5 Å². The van der Waals surface area contributed by atoms with E-state index in [1.54, 1.807) is 6.26 Å². The summed E-state index contributed by atoms with van der Waals surface area (Å²) in [6.07, 6.45) is 4.14. The van der Waals surface area contributed by atoms with E-state index in [0.29, 0.717) is 35.5 Å². The summed E-state index contributed by atoms with van der Waals surface area (Å²) in [5.41, 5.74) is 2.08. The van der Waals surface area contributed by atoms with Crippen molar-refractivity contribution in [2.45, 2.75) is 25.8 Å². The lowest BCUT2D eigenvalue weighted by atomic mass is 10.1. The van der Waals surface area contributed by atoms with Crippen molar-refractivity contribution in [3.8, 4) is 11.5 Å². The van der Waals surface area contributed by atoms with Crippen LogP contribution in [-0.4, -0.2) is 42.5 Å². The fraction of sp³-hybridized carbons (Fsp3) is 0.444. The van der Waals surface area contributed by atoms with Gasteiger partial charge >= 0.3 is 0 Å². The second kappa shape index (κ2) is 6.54. The minimum Gasteiger partial charge on any atom is -0.463 e. The molecule has 0 saturated heterocycles. The molecule has 1 N–H and O–H groups in total. The summed E-state index contributed by atoms with van der Waals surface area (Å²) in [5.74, 6) is 1.36. The molecule has 1 unspecified atom stereocenters. The van der Waals surface area contributed by atoms with E-state index < -0.39 is 0 Å². The Morgan fingerprint density at radius 3 is 2.74 bits per heavy atom. The lowest BCUT2D eigenvalue weighted by Gasteiger charge is -2.24. The molecule has 1 atom stereocenters. The van der Waals surface area contributed by atoms with Gasteiger partial charge in [-0.15, -0.1) is 0 Å². The molecule has 0 radical (unpaired) electrons. The molecule has 0 aromatic carbocycles. The first-order chi connectivity index (χ1) is 11.1. The van der Waals surface area contributed by atoms with Gasteiger partial charge in [-0.3, -0.25) is 4.79 Å². The van der Waals surface area contributed by atoms with Gasteiger partial charge in [-0.05, 0) is 64.0 Å². The van der Waals surface area contributed by atoms with Crippen molar-refractivity contribution in [1.82, 2.24) is 15.2 Å². The van der Waals surface area contributed by atoms with Crippen LogP contribution in [0.1, 0.15) is 28.9 Å². The maximum absolute atomic E-state index is 12.4. The van der Waals surface area contributed by atoms with E-state index in [1.165, 1.54) is 12.8 Å². The molecule has 1 aliphatic rings. The molecule has 0 bridgehead atoms. The summed E-state index contributed by atoms with van der Waals surface area (Å²) in [6, 6.07) is 7.74. The molecule has 1 amide bonds. The molecule has 23 heavy (non-hydrogen) atoms. The molecule has 1 aliphatic carbocycles. The number of aromatic nitrogens is 1. The summed E-state index contributed by atoms with van der Waals surface area (Å²) in [7, 11) is 4.14. The second-order valence-corrected chi connectivity index (χ2v) is 6.39. The van der Waals surface area contributed by atoms with Gasteiger partial charge in [0.25, 0.3) is 5.91 Å². The molecule has 122 valence electrons. The summed E-state index contributed by atoms with van der Waals surface area (Å²) in [5, 5.41) is 3.05. The molecule has 5 nitrogen and oxygen atoms in total. The van der Waals surface area contributed by atoms with E-state index in [-0.39, 0.29) is 5.91 Å². The van der Waals surface area contributed by atoms with Crippen molar-refractivity contribution < 1.29 is 9.21 Å². The quantitative estimate of drug-likeness (QED) is 0.891. The number of furan rings is 1. The van der Waals surface area contributed by atoms with E-state index in [0.717, 1.165) is 5.69 Å². The Morgan fingerprint density at radius 1 is 1.39 bits per heavy atom. The molecular weight excluding hydrogens is 290 g/mol. The molecule has 1 saturated carbocycles. The minimum atomic E-state index is -0.0616. The van der Waals surface area contributed by atoms with Crippen LogP contribution in [-0.2, 0) is 0 Å². The number of hydrogen-bond acceptors (Lipinski definition) is 4. The Balaban J connectivity index is 1.67. The van der Waals surface area contributed by atoms with E-state index in [2.05, 4.69) is 29.3 Å². The number of pyridine rings is 1. The van der Waals surface area contributed by atoms with Crippen LogP contribution in [0.5, 0.6) is 0 Å². The normalized spacial score (nSPS) is 15.7. The number of hydrogen-bond donors (Lipinski definition) is 1. The molecule has 1 fully saturated rings. The Hall–Kier alpha value is -2.14. The molecule has 0 spiro atoms. The Labute approximate surface area is 136 Å². The number of carbonyl (C=O) groups excluding carboxylic acids is 1. The minimum absolute atomic E-state index is 0.0616. The van der Waals surface area contributed by atoms with Crippen LogP contribution in [0.2, 0.25) is 0 Å². The molecule has 5 heteroatoms. The highest BCUT2D eigenvalue weighted by Gasteiger charge is 2.32. The maximum atomic E-state index is 12.4. The van der Waals surface area contributed by atoms with E-state index in [4.69, 9.17) is 4.42 Å². The number of rotatable bonds is 6. The molecule has 2 heterocycles. The standard InChI is InChI=1S/C18H23N3O2/c1-12-14(8-9-15(20-12)17-5-4-10-23-17)18(22)19-11-16(21(2)3)13-6-7-13/h4-5,8-10,13,16H,6-7,11H2,1-3H3,(H,19,22). The van der Waals surface area contributed by atoms with Crippen LogP contribution in [0.3, 0.4) is 0 Å². The first kappa shape index (κ1) is 15.7. The fourth-order valence-corrected chi connectivity index (χ4v) is 2.91. The molecule has 2 aromatic heterocycles. The van der Waals surface area contributed by atoms with Gasteiger partial charge < -0.3 is 14.6 Å². The van der Waals surface area contributed by atoms with Crippen molar-refractivity contribution in [2.75, 3.05) is 20.6 Å². The summed E-state index contributed by atoms with van der Waals surface area (Å²) in [6.45, 7) is 2.53. The predicted octanol–water partition coefficient (Wildman–Crippen LogP) is 2.72. The number of likely N-dealkylation sites (N-methyl/N-ethyl adjacent to an activating group) is 1. The largest absolute Gasteiger partial charge is 0.463 e. The van der Waals surface area contributed by atoms with Gasteiger partial charge in [0.15, 0.2) is 5.76 Å². The molecule has 2 aromatic rings. The van der Waals surface area contributed by atoms with E-state index >= 15 is 0 Å². The monoisotopic (exact) mass is 313 g/mol. The fourth-order valence-electron chi connectivity index (χ4n) is 2.91. The third-order valence-corrected chi connectivity index (χ3v) is 4.41. The number of nitrogens with zero attached hydrogens (tertiary/aromatic N) is 2. The van der Waals surface area contributed by atoms with Crippen LogP contribution in [0, 0.1) is 12.8 Å². The van der Waals surface area contributed by atoms with Crippen LogP contribution < -0.4 is 5.32 Å². The summed E-state index contributed by atoms with van der Waals surface area (Å²) in [4.78, 5) is 19.1. The van der Waals surface area contributed by atoms with Gasteiger partial charge in [0.05, 0.1) is 17.5 Å². The zero-order chi connectivity index (χ0) is 16.4. The number of amides is 1. The average molecular weight is 313 g/mol. The van der Waals surface area contributed by atoms with Crippen LogP contribution in [0.15, 0.2) is 34.9 Å². The second-order valence-electron chi connectivity index (χ2n) is 6.39. The highest BCUT2D eigenvalue weighted by atomic mass is 16.3. The molecular formula is C18H23N3O2. The first-order valence-electron chi connectivity index (χ1n) is 8.02. The Kier molecular flexibility index (Phi) is 4.48. The van der Waals surface area contributed by atoms with E-state index in [1.807, 2.05) is 31.2 Å². The van der Waals surface area contributed by atoms with Gasteiger partial charge in [-0.2, -0.15) is 0 Å². The maximum Gasteiger partial charge on any atom is 0.253 e. The highest BCUT2D eigenvalue weighted by Crippen LogP contribution is 2.34. The third kappa shape index (κ3) is 3.62. The third-order valence-electron chi connectivity index (χ3n) is 4.41. The Bertz CT molecular complexity index is 674. The van der Waals surface area contributed by atoms with Crippen molar-refractivity contribution in [3.63, 3.8) is 0 Å². The van der Waals surface area contributed by atoms with Crippen molar-refractivity contribution in [2.24, 2.45) is 5.92 Å². The topological polar surface area (TPSA) is 58.4 Å². The smallest absolute Gasteiger partial charge is 0.253 e. The van der Waals surface area contributed by atoms with E-state index in [9.17, 15) is 4.79 Å². The van der Waals surface area contributed by atoms with Gasteiger partial charge in [-0.25, -0.2) is 4.98 Å². The van der Waals surface area contributed by atoms with Crippen molar-refractivity contribution >= 4 is 5.91 Å². The highest BCUT2D eigenvalue weighted by molar-refractivity contribution is 5.95. The van der Waals surface area contributed by atoms with Gasteiger partial charge in [0.1, 0.15) is 5.69 Å². The number of nitrogens with one attached hydrogen (secondary N) is 1. The van der Waals surface area contributed by atoms with Gasteiger partial charge in [0, 0.05) is 12.6 Å². The van der Waals surface area contributed by atoms with Crippen molar-refractivity contribution in [1.29, 1.82) is 0 Å². The van der Waals surface area contributed by atoms with Gasteiger partial charge in [0.2, 0.25) is 0 Å². The lowest BCUT2D eigenvalue weighted by Crippen LogP contribution is -2.41. The summed E-state index contributed by atoms with van der Waals surface area (Å²) < 4.78 is 5.34. The van der Waals surface area contributed by atoms with Crippen molar-refractivity contribution in [3.05, 3.63) is 41.8 Å². The van der Waals surface area contributed by atoms with Crippen LogP contribution >= 0.6 is 0 Å². The average Bonchev–Trinajstić information content (AvgIpc) is 3.19. The first-order valence-corrected chi connectivity index (χ1v) is 8.02. The lowest BCUT2D eigenvalue weighted by molar-refractivity contribution is 0.0938. The zero-order valence-electron chi connectivity index (χ0n) is 13.9. The molecule has 3 rings (SSSR count). The van der Waals surface area contributed by atoms with Gasteiger partial charge in [-0.1, -0.05) is 0 Å². The zero-order valence-corrected chi connectivity index (χ0v) is 13.9. The predicted molar refractivity (Wildman–Crippen MR) is 89.2 cm³/mol. The summed E-state index contributed by atoms with van der Waals surface area (Å²) >= 11 is 0.